The molecule has 2 saturated heterocycles. The first kappa shape index (κ1) is 12.4. The van der Waals surface area contributed by atoms with Crippen molar-refractivity contribution in [2.75, 3.05) is 26.2 Å². The van der Waals surface area contributed by atoms with Crippen LogP contribution in [0.2, 0.25) is 0 Å². The minimum atomic E-state index is -0.526. The van der Waals surface area contributed by atoms with Crippen LogP contribution in [-0.4, -0.2) is 47.7 Å². The lowest BCUT2D eigenvalue weighted by molar-refractivity contribution is -0.159. The molecule has 4 nitrogen and oxygen atoms in total. The molecule has 0 radical (unpaired) electrons. The molecule has 2 heterocycles. The Hall–Kier alpha value is -0.610. The fourth-order valence-corrected chi connectivity index (χ4v) is 3.33. The summed E-state index contributed by atoms with van der Waals surface area (Å²) < 4.78 is 0. The van der Waals surface area contributed by atoms with E-state index in [1.807, 2.05) is 4.90 Å². The van der Waals surface area contributed by atoms with Crippen LogP contribution < -0.4 is 5.32 Å². The molecule has 0 bridgehead atoms. The summed E-state index contributed by atoms with van der Waals surface area (Å²) in [4.78, 5) is 13.8. The number of amides is 1. The van der Waals surface area contributed by atoms with Gasteiger partial charge in [0.15, 0.2) is 0 Å². The molecule has 0 aromatic rings. The van der Waals surface area contributed by atoms with Crippen molar-refractivity contribution in [1.29, 1.82) is 0 Å². The Kier molecular flexibility index (Phi) is 3.32. The van der Waals surface area contributed by atoms with Crippen molar-refractivity contribution < 1.29 is 9.90 Å². The van der Waals surface area contributed by atoms with Gasteiger partial charge in [-0.15, -0.1) is 0 Å². The van der Waals surface area contributed by atoms with Gasteiger partial charge >= 0.3 is 0 Å². The number of rotatable bonds is 4. The molecule has 3 fully saturated rings. The number of carbonyl (C=O) groups excluding carboxylic acids is 1. The number of nitrogens with one attached hydrogen (secondary N) is 1. The number of aliphatic hydroxyl groups is 1. The lowest BCUT2D eigenvalue weighted by Crippen LogP contribution is -2.64. The first-order chi connectivity index (χ1) is 8.67. The third-order valence-electron chi connectivity index (χ3n) is 4.78. The smallest absolute Gasteiger partial charge is 0.222 e. The summed E-state index contributed by atoms with van der Waals surface area (Å²) in [6.45, 7) is 3.36. The van der Waals surface area contributed by atoms with E-state index in [9.17, 15) is 9.90 Å². The van der Waals surface area contributed by atoms with E-state index >= 15 is 0 Å². The van der Waals surface area contributed by atoms with Gasteiger partial charge in [0.1, 0.15) is 5.60 Å². The van der Waals surface area contributed by atoms with E-state index in [4.69, 9.17) is 0 Å². The summed E-state index contributed by atoms with van der Waals surface area (Å²) in [5.74, 6) is 1.39. The van der Waals surface area contributed by atoms with Crippen molar-refractivity contribution in [2.24, 2.45) is 11.8 Å². The Morgan fingerprint density at radius 2 is 2.11 bits per heavy atom. The summed E-state index contributed by atoms with van der Waals surface area (Å²) in [5, 5.41) is 13.6. The van der Waals surface area contributed by atoms with Gasteiger partial charge in [-0.1, -0.05) is 0 Å². The molecule has 102 valence electrons. The van der Waals surface area contributed by atoms with Crippen molar-refractivity contribution in [3.8, 4) is 0 Å². The van der Waals surface area contributed by atoms with Crippen LogP contribution in [0.5, 0.6) is 0 Å². The highest BCUT2D eigenvalue weighted by molar-refractivity contribution is 5.77. The molecule has 4 heteroatoms. The largest absolute Gasteiger partial charge is 0.386 e. The topological polar surface area (TPSA) is 52.6 Å². The summed E-state index contributed by atoms with van der Waals surface area (Å²) in [5.41, 5.74) is -0.526. The first-order valence-electron chi connectivity index (χ1n) is 7.38. The van der Waals surface area contributed by atoms with E-state index in [1.165, 1.54) is 12.8 Å². The van der Waals surface area contributed by atoms with Crippen LogP contribution in [0, 0.1) is 11.8 Å². The minimum absolute atomic E-state index is 0.242. The lowest BCUT2D eigenvalue weighted by Gasteiger charge is -2.47. The van der Waals surface area contributed by atoms with Gasteiger partial charge < -0.3 is 15.3 Å². The van der Waals surface area contributed by atoms with Crippen molar-refractivity contribution in [3.05, 3.63) is 0 Å². The monoisotopic (exact) mass is 252 g/mol. The van der Waals surface area contributed by atoms with Gasteiger partial charge in [-0.25, -0.2) is 0 Å². The van der Waals surface area contributed by atoms with Crippen LogP contribution in [0.15, 0.2) is 0 Å². The molecule has 2 N–H and O–H groups in total. The SMILES string of the molecule is O=C(CCC1CCCNC1)N1CC(O)(C2CC2)C1. The van der Waals surface area contributed by atoms with Crippen molar-refractivity contribution in [3.63, 3.8) is 0 Å². The Labute approximate surface area is 109 Å². The fraction of sp³-hybridized carbons (Fsp3) is 0.929. The molecule has 18 heavy (non-hydrogen) atoms. The highest BCUT2D eigenvalue weighted by atomic mass is 16.3. The molecule has 0 aromatic carbocycles. The molecule has 1 atom stereocenters. The van der Waals surface area contributed by atoms with Crippen molar-refractivity contribution >= 4 is 5.91 Å². The van der Waals surface area contributed by atoms with E-state index in [2.05, 4.69) is 5.32 Å². The molecule has 1 unspecified atom stereocenters. The van der Waals surface area contributed by atoms with Gasteiger partial charge in [-0.3, -0.25) is 4.79 Å². The zero-order valence-electron chi connectivity index (χ0n) is 11.0. The zero-order valence-corrected chi connectivity index (χ0v) is 11.0. The van der Waals surface area contributed by atoms with Crippen LogP contribution in [0.1, 0.15) is 38.5 Å². The van der Waals surface area contributed by atoms with E-state index in [0.29, 0.717) is 31.3 Å². The summed E-state index contributed by atoms with van der Waals surface area (Å²) in [7, 11) is 0. The predicted molar refractivity (Wildman–Crippen MR) is 69.1 cm³/mol. The Balaban J connectivity index is 1.37. The second-order valence-electron chi connectivity index (χ2n) is 6.38. The van der Waals surface area contributed by atoms with E-state index in [1.54, 1.807) is 0 Å². The number of piperidine rings is 1. The molecule has 0 spiro atoms. The highest BCUT2D eigenvalue weighted by Crippen LogP contribution is 2.44. The number of hydrogen-bond acceptors (Lipinski definition) is 3. The van der Waals surface area contributed by atoms with Crippen LogP contribution in [0.25, 0.3) is 0 Å². The third kappa shape index (κ3) is 2.54. The maximum Gasteiger partial charge on any atom is 0.222 e. The number of hydrogen-bond donors (Lipinski definition) is 2. The molecule has 3 aliphatic rings. The Morgan fingerprint density at radius 3 is 2.72 bits per heavy atom. The quantitative estimate of drug-likeness (QED) is 0.776. The van der Waals surface area contributed by atoms with E-state index in [0.717, 1.165) is 32.4 Å². The van der Waals surface area contributed by atoms with Gasteiger partial charge in [0, 0.05) is 6.42 Å². The second-order valence-corrected chi connectivity index (χ2v) is 6.38. The highest BCUT2D eigenvalue weighted by Gasteiger charge is 2.53. The van der Waals surface area contributed by atoms with E-state index < -0.39 is 5.60 Å². The van der Waals surface area contributed by atoms with Crippen LogP contribution >= 0.6 is 0 Å². The standard InChI is InChI=1S/C14H24N2O2/c17-13(6-3-11-2-1-7-15-8-11)16-9-14(18,10-16)12-4-5-12/h11-12,15,18H,1-10H2. The van der Waals surface area contributed by atoms with Gasteiger partial charge in [-0.2, -0.15) is 0 Å². The van der Waals surface area contributed by atoms with Gasteiger partial charge in [-0.05, 0) is 57.0 Å². The van der Waals surface area contributed by atoms with Crippen molar-refractivity contribution in [2.45, 2.75) is 44.1 Å². The Bertz CT molecular complexity index is 316. The molecule has 3 rings (SSSR count). The van der Waals surface area contributed by atoms with Crippen LogP contribution in [0.3, 0.4) is 0 Å². The molecule has 2 aliphatic heterocycles. The van der Waals surface area contributed by atoms with Crippen LogP contribution in [-0.2, 0) is 4.79 Å². The fourth-order valence-electron chi connectivity index (χ4n) is 3.33. The zero-order chi connectivity index (χ0) is 12.6. The molecule has 1 aliphatic carbocycles. The number of likely N-dealkylation sites (tertiary alicyclic amines) is 1. The molecule has 0 aromatic heterocycles. The number of nitrogens with zero attached hydrogens (tertiary/aromatic N) is 1. The average Bonchev–Trinajstić information content (AvgIpc) is 3.18. The summed E-state index contributed by atoms with van der Waals surface area (Å²) >= 11 is 0. The maximum absolute atomic E-state index is 12.0. The van der Waals surface area contributed by atoms with Gasteiger partial charge in [0.05, 0.1) is 13.1 Å². The van der Waals surface area contributed by atoms with Crippen LogP contribution in [0.4, 0.5) is 0 Å². The number of carbonyl (C=O) groups is 1. The minimum Gasteiger partial charge on any atom is -0.386 e. The molecule has 1 amide bonds. The second kappa shape index (κ2) is 4.82. The normalized spacial score (nSPS) is 30.9. The maximum atomic E-state index is 12.0. The van der Waals surface area contributed by atoms with Gasteiger partial charge in [0.25, 0.3) is 0 Å². The van der Waals surface area contributed by atoms with Crippen molar-refractivity contribution in [1.82, 2.24) is 10.2 Å². The molecular weight excluding hydrogens is 228 g/mol. The first-order valence-corrected chi connectivity index (χ1v) is 7.38. The predicted octanol–water partition coefficient (Wildman–Crippen LogP) is 0.749. The molecular formula is C14H24N2O2. The molecule has 1 saturated carbocycles. The summed E-state index contributed by atoms with van der Waals surface area (Å²) in [6.07, 6.45) is 6.45. The summed E-state index contributed by atoms with van der Waals surface area (Å²) in [6, 6.07) is 0. The van der Waals surface area contributed by atoms with Gasteiger partial charge in [0.2, 0.25) is 5.91 Å². The third-order valence-corrected chi connectivity index (χ3v) is 4.78. The lowest BCUT2D eigenvalue weighted by atomic mass is 9.87. The Morgan fingerprint density at radius 1 is 1.33 bits per heavy atom. The van der Waals surface area contributed by atoms with E-state index in [-0.39, 0.29) is 5.91 Å². The number of β-amino-alcohol motifs (C(OH)–C–C–N with tert-alkyl or cyclic N) is 1. The average molecular weight is 252 g/mol.